The van der Waals surface area contributed by atoms with Gasteiger partial charge in [-0.2, -0.15) is 18.2 Å². The van der Waals surface area contributed by atoms with Crippen molar-refractivity contribution in [3.8, 4) is 11.3 Å². The average Bonchev–Trinajstić information content (AvgIpc) is 3.31. The second-order valence-corrected chi connectivity index (χ2v) is 9.07. The third-order valence-corrected chi connectivity index (χ3v) is 6.28. The molecule has 0 saturated carbocycles. The van der Waals surface area contributed by atoms with Crippen LogP contribution in [-0.2, 0) is 4.74 Å². The molecule has 2 amide bonds. The maximum absolute atomic E-state index is 12.7. The average molecular weight is 509 g/mol. The lowest BCUT2D eigenvalue weighted by Gasteiger charge is -2.27. The first-order valence-electron chi connectivity index (χ1n) is 12.0. The number of aromatic nitrogens is 2. The van der Waals surface area contributed by atoms with Gasteiger partial charge in [0.1, 0.15) is 5.82 Å². The topological polar surface area (TPSA) is 103 Å². The number of rotatable bonds is 7. The monoisotopic (exact) mass is 508 g/mol. The Morgan fingerprint density at radius 1 is 1.19 bits per heavy atom. The lowest BCUT2D eigenvalue weighted by molar-refractivity contribution is -0.143. The van der Waals surface area contributed by atoms with Crippen LogP contribution in [0, 0.1) is 12.8 Å². The number of carbonyl (C=O) groups excluding carboxylic acids is 1. The second kappa shape index (κ2) is 11.3. The Morgan fingerprint density at radius 3 is 2.69 bits per heavy atom. The molecule has 2 fully saturated rings. The fraction of sp³-hybridized carbons (Fsp3) is 0.542. The number of aryl methyl sites for hydroxylation is 1. The highest BCUT2D eigenvalue weighted by molar-refractivity contribution is 5.90. The quantitative estimate of drug-likeness (QED) is 0.526. The molecule has 0 unspecified atom stereocenters. The summed E-state index contributed by atoms with van der Waals surface area (Å²) in [5.74, 6) is 0.531. The van der Waals surface area contributed by atoms with Crippen LogP contribution in [0.25, 0.3) is 11.3 Å². The molecule has 1 atom stereocenters. The van der Waals surface area contributed by atoms with Crippen LogP contribution >= 0.6 is 0 Å². The van der Waals surface area contributed by atoms with Gasteiger partial charge in [0, 0.05) is 56.5 Å². The van der Waals surface area contributed by atoms with E-state index in [0.717, 1.165) is 11.1 Å². The number of nitrogens with zero attached hydrogens (tertiary/aromatic N) is 4. The number of morpholine rings is 1. The molecule has 9 nitrogen and oxygen atoms in total. The van der Waals surface area contributed by atoms with E-state index in [9.17, 15) is 23.1 Å². The molecule has 0 bridgehead atoms. The SMILES string of the molecule is Cc1ccc(NC(=O)N2CC[C@@H](CC(F)(F)F)C2)cc1-c1cc(NCCO)nc(N2CCOCC2)n1. The number of anilines is 3. The highest BCUT2D eigenvalue weighted by Gasteiger charge is 2.36. The van der Waals surface area contributed by atoms with E-state index in [1.165, 1.54) is 4.90 Å². The van der Waals surface area contributed by atoms with Crippen molar-refractivity contribution in [2.75, 3.05) is 68.1 Å². The molecule has 36 heavy (non-hydrogen) atoms. The van der Waals surface area contributed by atoms with Crippen LogP contribution in [-0.4, -0.2) is 84.7 Å². The number of benzene rings is 1. The summed E-state index contributed by atoms with van der Waals surface area (Å²) in [4.78, 5) is 25.6. The zero-order chi connectivity index (χ0) is 25.7. The first-order chi connectivity index (χ1) is 17.2. The van der Waals surface area contributed by atoms with Crippen molar-refractivity contribution < 1.29 is 27.8 Å². The van der Waals surface area contributed by atoms with Crippen molar-refractivity contribution >= 4 is 23.5 Å². The standard InChI is InChI=1S/C24H31F3N6O3/c1-16-2-3-18(29-23(35)33-6-4-17(15-33)14-24(25,26)27)12-19(16)20-13-21(28-5-9-34)31-22(30-20)32-7-10-36-11-8-32/h2-3,12-13,17,34H,4-11,14-15H2,1H3,(H,29,35)(H,28,30,31)/t17-/m0/s1. The summed E-state index contributed by atoms with van der Waals surface area (Å²) in [5.41, 5.74) is 2.88. The summed E-state index contributed by atoms with van der Waals surface area (Å²) in [7, 11) is 0. The van der Waals surface area contributed by atoms with E-state index in [0.29, 0.717) is 69.0 Å². The predicted molar refractivity (Wildman–Crippen MR) is 130 cm³/mol. The largest absolute Gasteiger partial charge is 0.395 e. The third-order valence-electron chi connectivity index (χ3n) is 6.28. The number of urea groups is 1. The molecular formula is C24H31F3N6O3. The molecule has 2 aromatic rings. The second-order valence-electron chi connectivity index (χ2n) is 9.07. The predicted octanol–water partition coefficient (Wildman–Crippen LogP) is 3.50. The maximum Gasteiger partial charge on any atom is 0.389 e. The van der Waals surface area contributed by atoms with Gasteiger partial charge in [0.2, 0.25) is 5.95 Å². The van der Waals surface area contributed by atoms with Crippen LogP contribution in [0.5, 0.6) is 0 Å². The van der Waals surface area contributed by atoms with E-state index in [2.05, 4.69) is 15.6 Å². The summed E-state index contributed by atoms with van der Waals surface area (Å²) >= 11 is 0. The number of ether oxygens (including phenoxy) is 1. The van der Waals surface area contributed by atoms with Gasteiger partial charge in [-0.1, -0.05) is 6.07 Å². The van der Waals surface area contributed by atoms with Crippen molar-refractivity contribution in [3.63, 3.8) is 0 Å². The lowest BCUT2D eigenvalue weighted by atomic mass is 10.0. The van der Waals surface area contributed by atoms with Crippen LogP contribution in [0.3, 0.4) is 0 Å². The molecule has 0 spiro atoms. The molecular weight excluding hydrogens is 477 g/mol. The van der Waals surface area contributed by atoms with Crippen LogP contribution in [0.1, 0.15) is 18.4 Å². The van der Waals surface area contributed by atoms with Gasteiger partial charge in [0.05, 0.1) is 25.5 Å². The number of carbonyl (C=O) groups is 1. The molecule has 0 aliphatic carbocycles. The number of hydrogen-bond donors (Lipinski definition) is 3. The van der Waals surface area contributed by atoms with Crippen LogP contribution in [0.15, 0.2) is 24.3 Å². The summed E-state index contributed by atoms with van der Waals surface area (Å²) in [5, 5.41) is 15.1. The van der Waals surface area contributed by atoms with Crippen LogP contribution in [0.4, 0.5) is 35.4 Å². The molecule has 3 heterocycles. The van der Waals surface area contributed by atoms with Gasteiger partial charge in [0.25, 0.3) is 0 Å². The molecule has 12 heteroatoms. The Bertz CT molecular complexity index is 1060. The lowest BCUT2D eigenvalue weighted by Crippen LogP contribution is -2.37. The molecule has 2 aliphatic rings. The summed E-state index contributed by atoms with van der Waals surface area (Å²) in [6, 6.07) is 6.79. The van der Waals surface area contributed by atoms with E-state index < -0.39 is 24.5 Å². The van der Waals surface area contributed by atoms with E-state index in [1.807, 2.05) is 17.9 Å². The first kappa shape index (κ1) is 26.0. The smallest absolute Gasteiger partial charge is 0.389 e. The van der Waals surface area contributed by atoms with Gasteiger partial charge in [-0.25, -0.2) is 9.78 Å². The Labute approximate surface area is 207 Å². The third kappa shape index (κ3) is 6.76. The zero-order valence-electron chi connectivity index (χ0n) is 20.1. The molecule has 4 rings (SSSR count). The number of hydrogen-bond acceptors (Lipinski definition) is 7. The first-order valence-corrected chi connectivity index (χ1v) is 12.0. The minimum absolute atomic E-state index is 0.0485. The van der Waals surface area contributed by atoms with Crippen LogP contribution < -0.4 is 15.5 Å². The Kier molecular flexibility index (Phi) is 8.14. The Morgan fingerprint density at radius 2 is 1.97 bits per heavy atom. The van der Waals surface area contributed by atoms with Gasteiger partial charge in [0.15, 0.2) is 0 Å². The van der Waals surface area contributed by atoms with Crippen molar-refractivity contribution in [1.82, 2.24) is 14.9 Å². The number of halogens is 3. The van der Waals surface area contributed by atoms with E-state index in [1.54, 1.807) is 18.2 Å². The minimum Gasteiger partial charge on any atom is -0.395 e. The maximum atomic E-state index is 12.7. The van der Waals surface area contributed by atoms with Crippen molar-refractivity contribution in [1.29, 1.82) is 0 Å². The molecule has 2 aliphatic heterocycles. The van der Waals surface area contributed by atoms with Crippen molar-refractivity contribution in [3.05, 3.63) is 29.8 Å². The van der Waals surface area contributed by atoms with Gasteiger partial charge in [-0.3, -0.25) is 0 Å². The zero-order valence-corrected chi connectivity index (χ0v) is 20.1. The van der Waals surface area contributed by atoms with Gasteiger partial charge in [-0.05, 0) is 37.0 Å². The van der Waals surface area contributed by atoms with Gasteiger partial charge < -0.3 is 30.3 Å². The fourth-order valence-electron chi connectivity index (χ4n) is 4.44. The van der Waals surface area contributed by atoms with Crippen LogP contribution in [0.2, 0.25) is 0 Å². The summed E-state index contributed by atoms with van der Waals surface area (Å²) in [6.45, 7) is 5.06. The summed E-state index contributed by atoms with van der Waals surface area (Å²) in [6.07, 6.45) is -4.77. The molecule has 3 N–H and O–H groups in total. The summed E-state index contributed by atoms with van der Waals surface area (Å²) < 4.78 is 43.6. The fourth-order valence-corrected chi connectivity index (χ4v) is 4.44. The molecule has 2 saturated heterocycles. The van der Waals surface area contributed by atoms with Crippen molar-refractivity contribution in [2.24, 2.45) is 5.92 Å². The Hall–Kier alpha value is -3.12. The normalized spacial score (nSPS) is 18.4. The van der Waals surface area contributed by atoms with E-state index in [-0.39, 0.29) is 13.2 Å². The molecule has 196 valence electrons. The number of likely N-dealkylation sites (tertiary alicyclic amines) is 1. The highest BCUT2D eigenvalue weighted by Crippen LogP contribution is 2.32. The molecule has 0 radical (unpaired) electrons. The number of amides is 2. The van der Waals surface area contributed by atoms with E-state index >= 15 is 0 Å². The van der Waals surface area contributed by atoms with Gasteiger partial charge >= 0.3 is 12.2 Å². The number of nitrogens with one attached hydrogen (secondary N) is 2. The molecule has 1 aromatic carbocycles. The number of aliphatic hydroxyl groups excluding tert-OH is 1. The Balaban J connectivity index is 1.53. The van der Waals surface area contributed by atoms with E-state index in [4.69, 9.17) is 9.72 Å². The minimum atomic E-state index is -4.23. The number of alkyl halides is 3. The van der Waals surface area contributed by atoms with Crippen molar-refractivity contribution in [2.45, 2.75) is 25.9 Å². The highest BCUT2D eigenvalue weighted by atomic mass is 19.4. The molecule has 1 aromatic heterocycles. The van der Waals surface area contributed by atoms with Gasteiger partial charge in [-0.15, -0.1) is 0 Å². The number of aliphatic hydroxyl groups is 1.